The SMILES string of the molecule is CCC(NC)c1ccc(Sc2ccccc2)cn1. The van der Waals surface area contributed by atoms with Crippen molar-refractivity contribution in [2.24, 2.45) is 0 Å². The highest BCUT2D eigenvalue weighted by atomic mass is 32.2. The van der Waals surface area contributed by atoms with Crippen LogP contribution in [-0.2, 0) is 0 Å². The molecule has 1 unspecified atom stereocenters. The standard InChI is InChI=1S/C15H18N2S/c1-3-14(16-2)15-10-9-13(11-17-15)18-12-7-5-4-6-8-12/h4-11,14,16H,3H2,1-2H3. The number of hydrogen-bond acceptors (Lipinski definition) is 3. The van der Waals surface area contributed by atoms with Crippen molar-refractivity contribution in [2.75, 3.05) is 7.05 Å². The summed E-state index contributed by atoms with van der Waals surface area (Å²) in [6.07, 6.45) is 3.00. The van der Waals surface area contributed by atoms with E-state index in [0.29, 0.717) is 6.04 Å². The Morgan fingerprint density at radius 1 is 1.11 bits per heavy atom. The van der Waals surface area contributed by atoms with Gasteiger partial charge in [0.1, 0.15) is 0 Å². The molecule has 0 radical (unpaired) electrons. The molecule has 1 heterocycles. The van der Waals surface area contributed by atoms with Gasteiger partial charge in [0.2, 0.25) is 0 Å². The molecule has 2 nitrogen and oxygen atoms in total. The van der Waals surface area contributed by atoms with Crippen molar-refractivity contribution in [1.29, 1.82) is 0 Å². The molecule has 1 atom stereocenters. The first-order valence-corrected chi connectivity index (χ1v) is 7.01. The fourth-order valence-corrected chi connectivity index (χ4v) is 2.65. The van der Waals surface area contributed by atoms with Gasteiger partial charge >= 0.3 is 0 Å². The lowest BCUT2D eigenvalue weighted by molar-refractivity contribution is 0.561. The minimum Gasteiger partial charge on any atom is -0.312 e. The predicted molar refractivity (Wildman–Crippen MR) is 76.9 cm³/mol. The topological polar surface area (TPSA) is 24.9 Å². The first-order valence-electron chi connectivity index (χ1n) is 6.19. The molecule has 0 bridgehead atoms. The van der Waals surface area contributed by atoms with Crippen molar-refractivity contribution >= 4 is 11.8 Å². The number of nitrogens with one attached hydrogen (secondary N) is 1. The van der Waals surface area contributed by atoms with Crippen LogP contribution in [0.25, 0.3) is 0 Å². The van der Waals surface area contributed by atoms with Crippen LogP contribution >= 0.6 is 11.8 Å². The Balaban J connectivity index is 2.08. The summed E-state index contributed by atoms with van der Waals surface area (Å²) >= 11 is 1.74. The zero-order valence-electron chi connectivity index (χ0n) is 10.8. The number of benzene rings is 1. The van der Waals surface area contributed by atoms with Crippen LogP contribution in [0.5, 0.6) is 0 Å². The molecule has 0 saturated carbocycles. The molecule has 18 heavy (non-hydrogen) atoms. The van der Waals surface area contributed by atoms with E-state index in [1.165, 1.54) is 9.79 Å². The summed E-state index contributed by atoms with van der Waals surface area (Å²) in [4.78, 5) is 6.95. The largest absolute Gasteiger partial charge is 0.312 e. The first kappa shape index (κ1) is 13.1. The highest BCUT2D eigenvalue weighted by Gasteiger charge is 2.07. The van der Waals surface area contributed by atoms with E-state index in [2.05, 4.69) is 53.6 Å². The molecule has 2 aromatic rings. The van der Waals surface area contributed by atoms with E-state index in [4.69, 9.17) is 0 Å². The van der Waals surface area contributed by atoms with Gasteiger partial charge in [-0.1, -0.05) is 36.9 Å². The lowest BCUT2D eigenvalue weighted by Gasteiger charge is -2.13. The average Bonchev–Trinajstić information content (AvgIpc) is 2.43. The molecule has 0 spiro atoms. The van der Waals surface area contributed by atoms with E-state index in [1.54, 1.807) is 11.8 Å². The quantitative estimate of drug-likeness (QED) is 0.880. The number of aromatic nitrogens is 1. The summed E-state index contributed by atoms with van der Waals surface area (Å²) in [7, 11) is 1.97. The summed E-state index contributed by atoms with van der Waals surface area (Å²) in [5.41, 5.74) is 1.11. The second-order valence-corrected chi connectivity index (χ2v) is 5.23. The second kappa shape index (κ2) is 6.57. The Labute approximate surface area is 113 Å². The van der Waals surface area contributed by atoms with Crippen LogP contribution in [0.1, 0.15) is 25.1 Å². The van der Waals surface area contributed by atoms with E-state index in [0.717, 1.165) is 12.1 Å². The molecule has 0 aliphatic heterocycles. The number of rotatable bonds is 5. The van der Waals surface area contributed by atoms with Gasteiger partial charge in [-0.05, 0) is 37.7 Å². The monoisotopic (exact) mass is 258 g/mol. The first-order chi connectivity index (χ1) is 8.83. The molecule has 1 aromatic carbocycles. The summed E-state index contributed by atoms with van der Waals surface area (Å²) in [5, 5.41) is 3.27. The number of pyridine rings is 1. The van der Waals surface area contributed by atoms with Crippen LogP contribution in [-0.4, -0.2) is 12.0 Å². The minimum absolute atomic E-state index is 0.348. The molecule has 0 aliphatic carbocycles. The van der Waals surface area contributed by atoms with Crippen molar-refractivity contribution in [2.45, 2.75) is 29.2 Å². The molecule has 0 amide bonds. The van der Waals surface area contributed by atoms with Crippen LogP contribution < -0.4 is 5.32 Å². The fourth-order valence-electron chi connectivity index (χ4n) is 1.84. The molecule has 94 valence electrons. The minimum atomic E-state index is 0.348. The molecule has 0 fully saturated rings. The summed E-state index contributed by atoms with van der Waals surface area (Å²) in [6, 6.07) is 15.0. The van der Waals surface area contributed by atoms with Crippen LogP contribution in [0.15, 0.2) is 58.5 Å². The Morgan fingerprint density at radius 3 is 2.44 bits per heavy atom. The van der Waals surface area contributed by atoms with Crippen LogP contribution in [0.4, 0.5) is 0 Å². The van der Waals surface area contributed by atoms with Gasteiger partial charge in [-0.3, -0.25) is 4.98 Å². The van der Waals surface area contributed by atoms with E-state index in [9.17, 15) is 0 Å². The van der Waals surface area contributed by atoms with E-state index in [-0.39, 0.29) is 0 Å². The maximum Gasteiger partial charge on any atom is 0.0573 e. The van der Waals surface area contributed by atoms with Gasteiger partial charge in [-0.15, -0.1) is 0 Å². The van der Waals surface area contributed by atoms with Crippen molar-refractivity contribution in [3.8, 4) is 0 Å². The molecule has 1 aromatic heterocycles. The molecule has 3 heteroatoms. The van der Waals surface area contributed by atoms with Gasteiger partial charge < -0.3 is 5.32 Å². The third kappa shape index (κ3) is 3.34. The fraction of sp³-hybridized carbons (Fsp3) is 0.267. The maximum atomic E-state index is 4.53. The zero-order chi connectivity index (χ0) is 12.8. The van der Waals surface area contributed by atoms with Crippen molar-refractivity contribution in [1.82, 2.24) is 10.3 Å². The highest BCUT2D eigenvalue weighted by molar-refractivity contribution is 7.99. The maximum absolute atomic E-state index is 4.53. The molecular formula is C15H18N2S. The van der Waals surface area contributed by atoms with Crippen molar-refractivity contribution < 1.29 is 0 Å². The van der Waals surface area contributed by atoms with E-state index < -0.39 is 0 Å². The van der Waals surface area contributed by atoms with Crippen molar-refractivity contribution in [3.63, 3.8) is 0 Å². The average molecular weight is 258 g/mol. The van der Waals surface area contributed by atoms with Crippen LogP contribution in [0.3, 0.4) is 0 Å². The number of nitrogens with zero attached hydrogens (tertiary/aromatic N) is 1. The lowest BCUT2D eigenvalue weighted by atomic mass is 10.1. The third-order valence-electron chi connectivity index (χ3n) is 2.85. The van der Waals surface area contributed by atoms with Crippen LogP contribution in [0.2, 0.25) is 0 Å². The highest BCUT2D eigenvalue weighted by Crippen LogP contribution is 2.27. The third-order valence-corrected chi connectivity index (χ3v) is 3.84. The van der Waals surface area contributed by atoms with Gasteiger partial charge in [-0.2, -0.15) is 0 Å². The number of hydrogen-bond donors (Lipinski definition) is 1. The second-order valence-electron chi connectivity index (χ2n) is 4.08. The van der Waals surface area contributed by atoms with E-state index >= 15 is 0 Å². The Bertz CT molecular complexity index is 464. The Morgan fingerprint density at radius 2 is 1.89 bits per heavy atom. The summed E-state index contributed by atoms with van der Waals surface area (Å²) in [5.74, 6) is 0. The lowest BCUT2D eigenvalue weighted by Crippen LogP contribution is -2.16. The van der Waals surface area contributed by atoms with Crippen molar-refractivity contribution in [3.05, 3.63) is 54.4 Å². The van der Waals surface area contributed by atoms with E-state index in [1.807, 2.05) is 19.3 Å². The molecular weight excluding hydrogens is 240 g/mol. The molecule has 0 aliphatic rings. The Hall–Kier alpha value is -1.32. The van der Waals surface area contributed by atoms with Gasteiger partial charge in [0.05, 0.1) is 5.69 Å². The van der Waals surface area contributed by atoms with Gasteiger partial charge in [0.25, 0.3) is 0 Å². The van der Waals surface area contributed by atoms with Crippen LogP contribution in [0, 0.1) is 0 Å². The molecule has 2 rings (SSSR count). The summed E-state index contributed by atoms with van der Waals surface area (Å²) < 4.78 is 0. The summed E-state index contributed by atoms with van der Waals surface area (Å²) in [6.45, 7) is 2.16. The molecule has 0 saturated heterocycles. The zero-order valence-corrected chi connectivity index (χ0v) is 11.6. The van der Waals surface area contributed by atoms with Gasteiger partial charge in [0, 0.05) is 22.0 Å². The normalized spacial score (nSPS) is 12.3. The smallest absolute Gasteiger partial charge is 0.0573 e. The predicted octanol–water partition coefficient (Wildman–Crippen LogP) is 3.90. The molecule has 1 N–H and O–H groups in total. The Kier molecular flexibility index (Phi) is 4.79. The van der Waals surface area contributed by atoms with Gasteiger partial charge in [-0.25, -0.2) is 0 Å². The van der Waals surface area contributed by atoms with Gasteiger partial charge in [0.15, 0.2) is 0 Å².